The first kappa shape index (κ1) is 19.8. The molecular weight excluding hydrogens is 328 g/mol. The van der Waals surface area contributed by atoms with E-state index in [0.717, 1.165) is 30.8 Å². The van der Waals surface area contributed by atoms with Crippen LogP contribution < -0.4 is 14.8 Å². The van der Waals surface area contributed by atoms with Crippen LogP contribution in [0.25, 0.3) is 0 Å². The second-order valence-corrected chi connectivity index (χ2v) is 6.28. The zero-order valence-electron chi connectivity index (χ0n) is 15.8. The standard InChI is InChI=1S/C21H28N2O3/c1-23(16-17-8-5-4-6-9-17)13-7-12-22-21(24)15-18-14-19(25-2)10-11-20(18)26-3/h4-6,8-11,14H,7,12-13,15-16H2,1-3H3,(H,22,24). The number of ether oxygens (including phenoxy) is 2. The lowest BCUT2D eigenvalue weighted by Gasteiger charge is -2.17. The van der Waals surface area contributed by atoms with E-state index in [0.29, 0.717) is 12.3 Å². The third kappa shape index (κ3) is 6.41. The van der Waals surface area contributed by atoms with Gasteiger partial charge < -0.3 is 19.7 Å². The van der Waals surface area contributed by atoms with Crippen molar-refractivity contribution in [3.8, 4) is 11.5 Å². The second kappa shape index (κ2) is 10.5. The Morgan fingerprint density at radius 2 is 1.85 bits per heavy atom. The quantitative estimate of drug-likeness (QED) is 0.665. The summed E-state index contributed by atoms with van der Waals surface area (Å²) >= 11 is 0. The van der Waals surface area contributed by atoms with Crippen LogP contribution in [0.1, 0.15) is 17.5 Å². The van der Waals surface area contributed by atoms with Crippen LogP contribution in [0, 0.1) is 0 Å². The van der Waals surface area contributed by atoms with Crippen LogP contribution in [0.3, 0.4) is 0 Å². The van der Waals surface area contributed by atoms with Gasteiger partial charge >= 0.3 is 0 Å². The van der Waals surface area contributed by atoms with Gasteiger partial charge in [0.1, 0.15) is 11.5 Å². The van der Waals surface area contributed by atoms with Crippen molar-refractivity contribution in [3.05, 3.63) is 59.7 Å². The van der Waals surface area contributed by atoms with Gasteiger partial charge in [0, 0.05) is 18.7 Å². The van der Waals surface area contributed by atoms with Gasteiger partial charge in [0.05, 0.1) is 20.6 Å². The Kier molecular flexibility index (Phi) is 7.96. The van der Waals surface area contributed by atoms with Gasteiger partial charge in [-0.15, -0.1) is 0 Å². The number of methoxy groups -OCH3 is 2. The Balaban J connectivity index is 1.72. The summed E-state index contributed by atoms with van der Waals surface area (Å²) in [7, 11) is 5.30. The maximum atomic E-state index is 12.2. The van der Waals surface area contributed by atoms with Crippen LogP contribution >= 0.6 is 0 Å². The van der Waals surface area contributed by atoms with Crippen LogP contribution in [0.2, 0.25) is 0 Å². The molecule has 2 aromatic rings. The van der Waals surface area contributed by atoms with Gasteiger partial charge in [0.15, 0.2) is 0 Å². The molecule has 1 N–H and O–H groups in total. The summed E-state index contributed by atoms with van der Waals surface area (Å²) in [5.41, 5.74) is 2.12. The van der Waals surface area contributed by atoms with E-state index in [4.69, 9.17) is 9.47 Å². The summed E-state index contributed by atoms with van der Waals surface area (Å²) < 4.78 is 10.5. The lowest BCUT2D eigenvalue weighted by atomic mass is 10.1. The van der Waals surface area contributed by atoms with Crippen molar-refractivity contribution >= 4 is 5.91 Å². The van der Waals surface area contributed by atoms with E-state index in [-0.39, 0.29) is 12.3 Å². The van der Waals surface area contributed by atoms with Crippen molar-refractivity contribution in [3.63, 3.8) is 0 Å². The highest BCUT2D eigenvalue weighted by atomic mass is 16.5. The number of hydrogen-bond acceptors (Lipinski definition) is 4. The number of amides is 1. The number of rotatable bonds is 10. The minimum atomic E-state index is -0.0118. The van der Waals surface area contributed by atoms with E-state index >= 15 is 0 Å². The molecule has 0 aliphatic rings. The molecule has 0 fully saturated rings. The molecule has 0 heterocycles. The van der Waals surface area contributed by atoms with E-state index in [2.05, 4.69) is 41.5 Å². The molecule has 5 heteroatoms. The third-order valence-corrected chi connectivity index (χ3v) is 4.17. The molecule has 2 rings (SSSR count). The number of carbonyl (C=O) groups excluding carboxylic acids is 1. The van der Waals surface area contributed by atoms with Gasteiger partial charge in [0.25, 0.3) is 0 Å². The van der Waals surface area contributed by atoms with E-state index < -0.39 is 0 Å². The molecule has 0 atom stereocenters. The summed E-state index contributed by atoms with van der Waals surface area (Å²) in [4.78, 5) is 14.5. The van der Waals surface area contributed by atoms with Gasteiger partial charge in [-0.2, -0.15) is 0 Å². The first-order valence-electron chi connectivity index (χ1n) is 8.82. The molecule has 0 unspecified atom stereocenters. The van der Waals surface area contributed by atoms with Crippen molar-refractivity contribution in [2.45, 2.75) is 19.4 Å². The summed E-state index contributed by atoms with van der Waals surface area (Å²) in [5, 5.41) is 2.98. The summed E-state index contributed by atoms with van der Waals surface area (Å²) in [6.07, 6.45) is 1.19. The molecule has 0 saturated carbocycles. The number of carbonyl (C=O) groups is 1. The maximum Gasteiger partial charge on any atom is 0.224 e. The molecule has 0 aliphatic carbocycles. The Bertz CT molecular complexity index is 689. The second-order valence-electron chi connectivity index (χ2n) is 6.28. The minimum absolute atomic E-state index is 0.0118. The highest BCUT2D eigenvalue weighted by molar-refractivity contribution is 5.79. The van der Waals surface area contributed by atoms with E-state index in [1.807, 2.05) is 24.3 Å². The normalized spacial score (nSPS) is 10.6. The molecule has 0 spiro atoms. The Morgan fingerprint density at radius 3 is 2.54 bits per heavy atom. The van der Waals surface area contributed by atoms with Crippen molar-refractivity contribution in [2.24, 2.45) is 0 Å². The molecule has 5 nitrogen and oxygen atoms in total. The van der Waals surface area contributed by atoms with Crippen LogP contribution in [0.15, 0.2) is 48.5 Å². The molecule has 0 aromatic heterocycles. The smallest absolute Gasteiger partial charge is 0.224 e. The van der Waals surface area contributed by atoms with Gasteiger partial charge in [0.2, 0.25) is 5.91 Å². The predicted octanol–water partition coefficient (Wildman–Crippen LogP) is 2.88. The molecule has 2 aromatic carbocycles. The van der Waals surface area contributed by atoms with Crippen molar-refractivity contribution in [2.75, 3.05) is 34.4 Å². The van der Waals surface area contributed by atoms with E-state index in [1.54, 1.807) is 14.2 Å². The largest absolute Gasteiger partial charge is 0.497 e. The Labute approximate surface area is 155 Å². The van der Waals surface area contributed by atoms with Gasteiger partial charge in [-0.25, -0.2) is 0 Å². The average molecular weight is 356 g/mol. The van der Waals surface area contributed by atoms with Crippen molar-refractivity contribution in [1.82, 2.24) is 10.2 Å². The van der Waals surface area contributed by atoms with Crippen molar-refractivity contribution in [1.29, 1.82) is 0 Å². The lowest BCUT2D eigenvalue weighted by Crippen LogP contribution is -2.29. The molecule has 0 saturated heterocycles. The summed E-state index contributed by atoms with van der Waals surface area (Å²) in [6.45, 7) is 2.50. The summed E-state index contributed by atoms with van der Waals surface area (Å²) in [5.74, 6) is 1.40. The lowest BCUT2D eigenvalue weighted by molar-refractivity contribution is -0.120. The summed E-state index contributed by atoms with van der Waals surface area (Å²) in [6, 6.07) is 15.9. The molecule has 26 heavy (non-hydrogen) atoms. The molecular formula is C21H28N2O3. The third-order valence-electron chi connectivity index (χ3n) is 4.17. The predicted molar refractivity (Wildman–Crippen MR) is 104 cm³/mol. The van der Waals surface area contributed by atoms with Gasteiger partial charge in [-0.05, 0) is 43.8 Å². The number of nitrogens with zero attached hydrogens (tertiary/aromatic N) is 1. The van der Waals surface area contributed by atoms with Crippen LogP contribution in [0.5, 0.6) is 11.5 Å². The topological polar surface area (TPSA) is 50.8 Å². The molecule has 1 amide bonds. The zero-order valence-corrected chi connectivity index (χ0v) is 15.8. The fourth-order valence-electron chi connectivity index (χ4n) is 2.81. The molecule has 0 radical (unpaired) electrons. The van der Waals surface area contributed by atoms with Crippen LogP contribution in [0.4, 0.5) is 0 Å². The van der Waals surface area contributed by atoms with Crippen LogP contribution in [-0.2, 0) is 17.8 Å². The zero-order chi connectivity index (χ0) is 18.8. The van der Waals surface area contributed by atoms with E-state index in [9.17, 15) is 4.79 Å². The van der Waals surface area contributed by atoms with E-state index in [1.165, 1.54) is 5.56 Å². The average Bonchev–Trinajstić information content (AvgIpc) is 2.66. The SMILES string of the molecule is COc1ccc(OC)c(CC(=O)NCCCN(C)Cc2ccccc2)c1. The minimum Gasteiger partial charge on any atom is -0.497 e. The van der Waals surface area contributed by atoms with Crippen molar-refractivity contribution < 1.29 is 14.3 Å². The molecule has 0 bridgehead atoms. The Morgan fingerprint density at radius 1 is 1.08 bits per heavy atom. The highest BCUT2D eigenvalue weighted by Gasteiger charge is 2.10. The fraction of sp³-hybridized carbons (Fsp3) is 0.381. The number of nitrogens with one attached hydrogen (secondary N) is 1. The van der Waals surface area contributed by atoms with Crippen LogP contribution in [-0.4, -0.2) is 45.2 Å². The van der Waals surface area contributed by atoms with Gasteiger partial charge in [-0.3, -0.25) is 4.79 Å². The van der Waals surface area contributed by atoms with Gasteiger partial charge in [-0.1, -0.05) is 30.3 Å². The highest BCUT2D eigenvalue weighted by Crippen LogP contribution is 2.24. The number of hydrogen-bond donors (Lipinski definition) is 1. The first-order valence-corrected chi connectivity index (χ1v) is 8.82. The first-order chi connectivity index (χ1) is 12.6. The monoisotopic (exact) mass is 356 g/mol. The molecule has 0 aliphatic heterocycles. The fourth-order valence-corrected chi connectivity index (χ4v) is 2.81. The Hall–Kier alpha value is -2.53. The maximum absolute atomic E-state index is 12.2. The number of benzene rings is 2. The molecule has 140 valence electrons.